The molecular weight excluding hydrogens is 116 g/mol. The lowest BCUT2D eigenvalue weighted by molar-refractivity contribution is 0.104. The molecule has 0 radical (unpaired) electrons. The lowest BCUT2D eigenvalue weighted by Crippen LogP contribution is -1.91. The van der Waals surface area contributed by atoms with Crippen LogP contribution in [0.2, 0.25) is 0 Å². The molecule has 0 unspecified atom stereocenters. The molecule has 9 heavy (non-hydrogen) atoms. The molecule has 1 aromatic rings. The first-order valence-electron chi connectivity index (χ1n) is 2.62. The van der Waals surface area contributed by atoms with Crippen LogP contribution < -0.4 is 0 Å². The molecule has 1 aromatic heterocycles. The third kappa shape index (κ3) is 0.455. The standard InChI is InChI=1S/C6H4N2O/c9-6-1-2-8-4-7-3-5(6)8/h1-4H. The van der Waals surface area contributed by atoms with Gasteiger partial charge in [0.15, 0.2) is 0 Å². The van der Waals surface area contributed by atoms with Crippen LogP contribution in [0, 0.1) is 0 Å². The summed E-state index contributed by atoms with van der Waals surface area (Å²) in [6.45, 7) is 0. The Morgan fingerprint density at radius 1 is 1.56 bits per heavy atom. The molecule has 0 atom stereocenters. The topological polar surface area (TPSA) is 34.9 Å². The van der Waals surface area contributed by atoms with Crippen LogP contribution in [0.1, 0.15) is 10.5 Å². The van der Waals surface area contributed by atoms with Gasteiger partial charge in [0.1, 0.15) is 5.69 Å². The Morgan fingerprint density at radius 3 is 3.22 bits per heavy atom. The Kier molecular flexibility index (Phi) is 0.656. The van der Waals surface area contributed by atoms with Crippen LogP contribution in [0.25, 0.3) is 6.20 Å². The fraction of sp³-hybridized carbons (Fsp3) is 0. The minimum absolute atomic E-state index is 0.0347. The molecular formula is C6H4N2O. The van der Waals surface area contributed by atoms with Gasteiger partial charge >= 0.3 is 0 Å². The second-order valence-corrected chi connectivity index (χ2v) is 1.87. The van der Waals surface area contributed by atoms with E-state index in [1.165, 1.54) is 6.08 Å². The summed E-state index contributed by atoms with van der Waals surface area (Å²) in [5.74, 6) is 0.0347. The van der Waals surface area contributed by atoms with Crippen LogP contribution in [0.4, 0.5) is 0 Å². The highest BCUT2D eigenvalue weighted by Gasteiger charge is 2.11. The van der Waals surface area contributed by atoms with Crippen molar-refractivity contribution in [3.63, 3.8) is 0 Å². The van der Waals surface area contributed by atoms with Gasteiger partial charge in [-0.25, -0.2) is 4.98 Å². The Bertz CT molecular complexity index is 285. The molecule has 44 valence electrons. The van der Waals surface area contributed by atoms with E-state index in [0.29, 0.717) is 5.69 Å². The van der Waals surface area contributed by atoms with Gasteiger partial charge in [0.2, 0.25) is 5.78 Å². The number of aromatic nitrogens is 2. The summed E-state index contributed by atoms with van der Waals surface area (Å²) >= 11 is 0. The highest BCUT2D eigenvalue weighted by molar-refractivity contribution is 6.08. The van der Waals surface area contributed by atoms with Gasteiger partial charge in [-0.1, -0.05) is 0 Å². The number of fused-ring (bicyclic) bond motifs is 1. The van der Waals surface area contributed by atoms with E-state index in [9.17, 15) is 4.79 Å². The van der Waals surface area contributed by atoms with E-state index in [0.717, 1.165) is 0 Å². The monoisotopic (exact) mass is 120 g/mol. The molecule has 0 amide bonds. The summed E-state index contributed by atoms with van der Waals surface area (Å²) < 4.78 is 1.70. The average Bonchev–Trinajstić information content (AvgIpc) is 2.35. The van der Waals surface area contributed by atoms with Crippen molar-refractivity contribution in [2.75, 3.05) is 0 Å². The van der Waals surface area contributed by atoms with Crippen molar-refractivity contribution >= 4 is 12.0 Å². The molecule has 3 heteroatoms. The van der Waals surface area contributed by atoms with E-state index in [2.05, 4.69) is 4.98 Å². The van der Waals surface area contributed by atoms with Gasteiger partial charge in [-0.05, 0) is 0 Å². The van der Waals surface area contributed by atoms with E-state index >= 15 is 0 Å². The summed E-state index contributed by atoms with van der Waals surface area (Å²) in [4.78, 5) is 14.6. The normalized spacial score (nSPS) is 14.4. The Labute approximate surface area is 51.6 Å². The van der Waals surface area contributed by atoms with Gasteiger partial charge in [0, 0.05) is 12.3 Å². The Hall–Kier alpha value is -1.38. The maximum absolute atomic E-state index is 10.8. The van der Waals surface area contributed by atoms with Crippen LogP contribution in [-0.2, 0) is 0 Å². The molecule has 2 heterocycles. The van der Waals surface area contributed by atoms with Crippen LogP contribution in [0.3, 0.4) is 0 Å². The quantitative estimate of drug-likeness (QED) is 0.501. The van der Waals surface area contributed by atoms with Crippen LogP contribution >= 0.6 is 0 Å². The molecule has 0 spiro atoms. The first-order valence-corrected chi connectivity index (χ1v) is 2.62. The molecule has 0 saturated heterocycles. The van der Waals surface area contributed by atoms with E-state index in [1.54, 1.807) is 23.3 Å². The number of imidazole rings is 1. The van der Waals surface area contributed by atoms with E-state index in [-0.39, 0.29) is 5.78 Å². The third-order valence-corrected chi connectivity index (χ3v) is 1.31. The van der Waals surface area contributed by atoms with Crippen molar-refractivity contribution in [1.29, 1.82) is 0 Å². The smallest absolute Gasteiger partial charge is 0.205 e. The second kappa shape index (κ2) is 1.31. The SMILES string of the molecule is O=C1C=Cn2cncc21. The van der Waals surface area contributed by atoms with Gasteiger partial charge in [-0.15, -0.1) is 0 Å². The molecule has 1 aliphatic rings. The Morgan fingerprint density at radius 2 is 2.44 bits per heavy atom. The molecule has 3 nitrogen and oxygen atoms in total. The number of allylic oxidation sites excluding steroid dienone is 1. The number of carbonyl (C=O) groups excluding carboxylic acids is 1. The van der Waals surface area contributed by atoms with Crippen molar-refractivity contribution in [2.45, 2.75) is 0 Å². The lowest BCUT2D eigenvalue weighted by Gasteiger charge is -1.84. The molecule has 0 N–H and O–H groups in total. The summed E-state index contributed by atoms with van der Waals surface area (Å²) in [5, 5.41) is 0. The van der Waals surface area contributed by atoms with Crippen molar-refractivity contribution < 1.29 is 4.79 Å². The number of nitrogens with zero attached hydrogens (tertiary/aromatic N) is 2. The van der Waals surface area contributed by atoms with Gasteiger partial charge in [-0.2, -0.15) is 0 Å². The third-order valence-electron chi connectivity index (χ3n) is 1.31. The zero-order valence-corrected chi connectivity index (χ0v) is 4.61. The summed E-state index contributed by atoms with van der Waals surface area (Å²) in [6, 6.07) is 0. The predicted molar refractivity (Wildman–Crippen MR) is 31.9 cm³/mol. The van der Waals surface area contributed by atoms with Crippen LogP contribution in [0.5, 0.6) is 0 Å². The lowest BCUT2D eigenvalue weighted by atomic mass is 10.3. The van der Waals surface area contributed by atoms with Gasteiger partial charge < -0.3 is 4.57 Å². The largest absolute Gasteiger partial charge is 0.303 e. The number of carbonyl (C=O) groups is 1. The van der Waals surface area contributed by atoms with Crippen molar-refractivity contribution in [3.05, 3.63) is 24.3 Å². The maximum Gasteiger partial charge on any atom is 0.205 e. The zero-order valence-electron chi connectivity index (χ0n) is 4.61. The van der Waals surface area contributed by atoms with Crippen molar-refractivity contribution in [1.82, 2.24) is 9.55 Å². The van der Waals surface area contributed by atoms with E-state index < -0.39 is 0 Å². The Balaban J connectivity index is 2.73. The number of ketones is 1. The van der Waals surface area contributed by atoms with Gasteiger partial charge in [0.05, 0.1) is 12.5 Å². The minimum atomic E-state index is 0.0347. The molecule has 2 rings (SSSR count). The molecule has 0 aromatic carbocycles. The molecule has 1 aliphatic heterocycles. The van der Waals surface area contributed by atoms with Crippen molar-refractivity contribution in [3.8, 4) is 0 Å². The van der Waals surface area contributed by atoms with Gasteiger partial charge in [0.25, 0.3) is 0 Å². The fourth-order valence-corrected chi connectivity index (χ4v) is 0.848. The predicted octanol–water partition coefficient (Wildman–Crippen LogP) is 0.550. The highest BCUT2D eigenvalue weighted by atomic mass is 16.1. The molecule has 0 saturated carbocycles. The number of rotatable bonds is 0. The number of hydrogen-bond acceptors (Lipinski definition) is 2. The molecule has 0 bridgehead atoms. The summed E-state index contributed by atoms with van der Waals surface area (Å²) in [6.07, 6.45) is 6.39. The fourth-order valence-electron chi connectivity index (χ4n) is 0.848. The second-order valence-electron chi connectivity index (χ2n) is 1.87. The van der Waals surface area contributed by atoms with E-state index in [4.69, 9.17) is 0 Å². The molecule has 0 aliphatic carbocycles. The first-order chi connectivity index (χ1) is 4.38. The van der Waals surface area contributed by atoms with Crippen LogP contribution in [0.15, 0.2) is 18.6 Å². The minimum Gasteiger partial charge on any atom is -0.303 e. The first kappa shape index (κ1) is 4.49. The maximum atomic E-state index is 10.8. The zero-order chi connectivity index (χ0) is 6.27. The van der Waals surface area contributed by atoms with Crippen LogP contribution in [-0.4, -0.2) is 15.3 Å². The summed E-state index contributed by atoms with van der Waals surface area (Å²) in [7, 11) is 0. The number of hydrogen-bond donors (Lipinski definition) is 0. The molecule has 0 fully saturated rings. The van der Waals surface area contributed by atoms with E-state index in [1.807, 2.05) is 0 Å². The van der Waals surface area contributed by atoms with Gasteiger partial charge in [-0.3, -0.25) is 4.79 Å². The van der Waals surface area contributed by atoms with Crippen molar-refractivity contribution in [2.24, 2.45) is 0 Å². The average molecular weight is 120 g/mol. The summed E-state index contributed by atoms with van der Waals surface area (Å²) in [5.41, 5.74) is 0.648. The highest BCUT2D eigenvalue weighted by Crippen LogP contribution is 2.08.